The molecular weight excluding hydrogens is 300 g/mol. The van der Waals surface area contributed by atoms with Crippen molar-refractivity contribution in [3.8, 4) is 0 Å². The smallest absolute Gasteiger partial charge is 0.0947 e. The lowest BCUT2D eigenvalue weighted by Gasteiger charge is -2.18. The van der Waals surface area contributed by atoms with Crippen molar-refractivity contribution in [3.63, 3.8) is 0 Å². The lowest BCUT2D eigenvalue weighted by Crippen LogP contribution is -2.23. The van der Waals surface area contributed by atoms with E-state index in [1.54, 1.807) is 11.3 Å². The lowest BCUT2D eigenvalue weighted by atomic mass is 9.93. The highest BCUT2D eigenvalue weighted by atomic mass is 35.5. The molecule has 2 rings (SSSR count). The van der Waals surface area contributed by atoms with Crippen LogP contribution in [0.5, 0.6) is 0 Å². The summed E-state index contributed by atoms with van der Waals surface area (Å²) in [6, 6.07) is 8.36. The average molecular weight is 323 g/mol. The highest BCUT2D eigenvalue weighted by molar-refractivity contribution is 7.09. The Morgan fingerprint density at radius 1 is 1.24 bits per heavy atom. The number of benzene rings is 1. The standard InChI is InChI=1S/C17H23ClN2S/c1-5-19-14(12-6-8-13(18)9-7-12)10-16-20-15(11-21-16)17(2,3)4/h6-9,11,14,19H,5,10H2,1-4H3. The molecule has 1 atom stereocenters. The van der Waals surface area contributed by atoms with Crippen molar-refractivity contribution in [1.29, 1.82) is 0 Å². The molecule has 4 heteroatoms. The molecule has 0 aliphatic rings. The van der Waals surface area contributed by atoms with Crippen LogP contribution in [0.2, 0.25) is 5.02 Å². The zero-order chi connectivity index (χ0) is 15.5. The van der Waals surface area contributed by atoms with E-state index in [-0.39, 0.29) is 11.5 Å². The van der Waals surface area contributed by atoms with E-state index in [4.69, 9.17) is 16.6 Å². The molecule has 114 valence electrons. The summed E-state index contributed by atoms with van der Waals surface area (Å²) in [5, 5.41) is 7.68. The zero-order valence-electron chi connectivity index (χ0n) is 13.1. The Morgan fingerprint density at radius 3 is 2.43 bits per heavy atom. The molecular formula is C17H23ClN2S. The molecule has 0 bridgehead atoms. The van der Waals surface area contributed by atoms with Crippen molar-refractivity contribution in [2.24, 2.45) is 0 Å². The Morgan fingerprint density at radius 2 is 1.90 bits per heavy atom. The molecule has 0 saturated carbocycles. The number of nitrogens with one attached hydrogen (secondary N) is 1. The summed E-state index contributed by atoms with van der Waals surface area (Å²) >= 11 is 7.73. The van der Waals surface area contributed by atoms with Crippen molar-refractivity contribution in [3.05, 3.63) is 50.9 Å². The first-order valence-electron chi connectivity index (χ1n) is 7.34. The Labute approximate surface area is 136 Å². The van der Waals surface area contributed by atoms with Gasteiger partial charge in [0.25, 0.3) is 0 Å². The third-order valence-corrected chi connectivity index (χ3v) is 4.54. The van der Waals surface area contributed by atoms with E-state index in [0.29, 0.717) is 0 Å². The molecule has 1 unspecified atom stereocenters. The van der Waals surface area contributed by atoms with E-state index in [2.05, 4.69) is 50.5 Å². The second kappa shape index (κ2) is 6.91. The number of hydrogen-bond donors (Lipinski definition) is 1. The molecule has 1 heterocycles. The zero-order valence-corrected chi connectivity index (χ0v) is 14.7. The molecule has 0 amide bonds. The van der Waals surface area contributed by atoms with Gasteiger partial charge in [-0.05, 0) is 24.2 Å². The minimum Gasteiger partial charge on any atom is -0.310 e. The van der Waals surface area contributed by atoms with Crippen LogP contribution < -0.4 is 5.32 Å². The molecule has 21 heavy (non-hydrogen) atoms. The number of thiazole rings is 1. The van der Waals surface area contributed by atoms with E-state index in [9.17, 15) is 0 Å². The van der Waals surface area contributed by atoms with E-state index >= 15 is 0 Å². The summed E-state index contributed by atoms with van der Waals surface area (Å²) < 4.78 is 0. The number of rotatable bonds is 5. The maximum Gasteiger partial charge on any atom is 0.0947 e. The van der Waals surface area contributed by atoms with Crippen LogP contribution in [0.25, 0.3) is 0 Å². The van der Waals surface area contributed by atoms with Gasteiger partial charge in [-0.25, -0.2) is 4.98 Å². The van der Waals surface area contributed by atoms with Gasteiger partial charge in [-0.15, -0.1) is 11.3 Å². The van der Waals surface area contributed by atoms with Gasteiger partial charge in [0.2, 0.25) is 0 Å². The third-order valence-electron chi connectivity index (χ3n) is 3.42. The summed E-state index contributed by atoms with van der Waals surface area (Å²) in [5.74, 6) is 0. The molecule has 1 N–H and O–H groups in total. The second-order valence-electron chi connectivity index (χ2n) is 6.24. The maximum atomic E-state index is 5.98. The average Bonchev–Trinajstić information content (AvgIpc) is 2.88. The largest absolute Gasteiger partial charge is 0.310 e. The van der Waals surface area contributed by atoms with Crippen LogP contribution in [-0.4, -0.2) is 11.5 Å². The number of hydrogen-bond acceptors (Lipinski definition) is 3. The number of likely N-dealkylation sites (N-methyl/N-ethyl adjacent to an activating group) is 1. The predicted octanol–water partition coefficient (Wildman–Crippen LogP) is 4.99. The van der Waals surface area contributed by atoms with Gasteiger partial charge < -0.3 is 5.32 Å². The Kier molecular flexibility index (Phi) is 5.42. The number of halogens is 1. The van der Waals surface area contributed by atoms with Crippen LogP contribution in [0.1, 0.15) is 50.0 Å². The van der Waals surface area contributed by atoms with Crippen molar-refractivity contribution in [1.82, 2.24) is 10.3 Å². The van der Waals surface area contributed by atoms with Crippen LogP contribution in [0.15, 0.2) is 29.6 Å². The van der Waals surface area contributed by atoms with E-state index in [1.165, 1.54) is 16.3 Å². The van der Waals surface area contributed by atoms with Gasteiger partial charge in [0, 0.05) is 28.3 Å². The molecule has 0 spiro atoms. The van der Waals surface area contributed by atoms with Crippen LogP contribution in [0.4, 0.5) is 0 Å². The van der Waals surface area contributed by atoms with E-state index in [1.807, 2.05) is 12.1 Å². The fourth-order valence-corrected chi connectivity index (χ4v) is 3.37. The summed E-state index contributed by atoms with van der Waals surface area (Å²) in [4.78, 5) is 4.80. The minimum atomic E-state index is 0.114. The monoisotopic (exact) mass is 322 g/mol. The van der Waals surface area contributed by atoms with Gasteiger partial charge in [-0.2, -0.15) is 0 Å². The molecule has 0 saturated heterocycles. The van der Waals surface area contributed by atoms with Crippen LogP contribution in [-0.2, 0) is 11.8 Å². The molecule has 2 aromatic rings. The lowest BCUT2D eigenvalue weighted by molar-refractivity contribution is 0.539. The highest BCUT2D eigenvalue weighted by Gasteiger charge is 2.19. The van der Waals surface area contributed by atoms with Crippen LogP contribution in [0.3, 0.4) is 0 Å². The normalized spacial score (nSPS) is 13.4. The minimum absolute atomic E-state index is 0.114. The molecule has 1 aromatic carbocycles. The number of nitrogens with zero attached hydrogens (tertiary/aromatic N) is 1. The van der Waals surface area contributed by atoms with Gasteiger partial charge in [-0.3, -0.25) is 0 Å². The number of aromatic nitrogens is 1. The predicted molar refractivity (Wildman–Crippen MR) is 92.4 cm³/mol. The maximum absolute atomic E-state index is 5.98. The van der Waals surface area contributed by atoms with Crippen molar-refractivity contribution >= 4 is 22.9 Å². The molecule has 0 aliphatic heterocycles. The molecule has 1 aromatic heterocycles. The van der Waals surface area contributed by atoms with Crippen LogP contribution >= 0.6 is 22.9 Å². The van der Waals surface area contributed by atoms with Gasteiger partial charge in [0.05, 0.1) is 10.7 Å². The summed E-state index contributed by atoms with van der Waals surface area (Å²) in [6.07, 6.45) is 0.913. The van der Waals surface area contributed by atoms with Gasteiger partial charge >= 0.3 is 0 Å². The fourth-order valence-electron chi connectivity index (χ4n) is 2.17. The first-order chi connectivity index (χ1) is 9.90. The van der Waals surface area contributed by atoms with E-state index in [0.717, 1.165) is 18.0 Å². The third kappa shape index (κ3) is 4.53. The second-order valence-corrected chi connectivity index (χ2v) is 7.62. The van der Waals surface area contributed by atoms with E-state index < -0.39 is 0 Å². The Balaban J connectivity index is 2.16. The summed E-state index contributed by atoms with van der Waals surface area (Å²) in [6.45, 7) is 9.67. The van der Waals surface area contributed by atoms with Gasteiger partial charge in [0.15, 0.2) is 0 Å². The highest BCUT2D eigenvalue weighted by Crippen LogP contribution is 2.27. The first-order valence-corrected chi connectivity index (χ1v) is 8.59. The first kappa shape index (κ1) is 16.5. The fraction of sp³-hybridized carbons (Fsp3) is 0.471. The summed E-state index contributed by atoms with van der Waals surface area (Å²) in [7, 11) is 0. The van der Waals surface area contributed by atoms with Crippen molar-refractivity contribution < 1.29 is 0 Å². The molecule has 0 fully saturated rings. The Hall–Kier alpha value is -0.900. The van der Waals surface area contributed by atoms with Crippen molar-refractivity contribution in [2.75, 3.05) is 6.54 Å². The molecule has 0 aliphatic carbocycles. The van der Waals surface area contributed by atoms with Gasteiger partial charge in [0.1, 0.15) is 0 Å². The quantitative estimate of drug-likeness (QED) is 0.839. The van der Waals surface area contributed by atoms with Gasteiger partial charge in [-0.1, -0.05) is 51.4 Å². The summed E-state index contributed by atoms with van der Waals surface area (Å²) in [5.41, 5.74) is 2.55. The topological polar surface area (TPSA) is 24.9 Å². The van der Waals surface area contributed by atoms with Crippen molar-refractivity contribution in [2.45, 2.75) is 45.6 Å². The molecule has 2 nitrogen and oxygen atoms in total. The Bertz CT molecular complexity index is 569. The SMILES string of the molecule is CCNC(Cc1nc(C(C)(C)C)cs1)c1ccc(Cl)cc1. The van der Waals surface area contributed by atoms with Crippen LogP contribution in [0, 0.1) is 0 Å². The molecule has 0 radical (unpaired) electrons.